The molecule has 0 fully saturated rings. The molecule has 1 heterocycles. The molecular formula is C27H21FO3. The molecule has 5 rings (SSSR count). The van der Waals surface area contributed by atoms with Crippen molar-refractivity contribution in [2.24, 2.45) is 0 Å². The summed E-state index contributed by atoms with van der Waals surface area (Å²) < 4.78 is 27.0. The number of hydrogen-bond donors (Lipinski definition) is 1. The topological polar surface area (TPSA) is 38.7 Å². The van der Waals surface area contributed by atoms with Crippen LogP contribution in [0.4, 0.5) is 4.39 Å². The maximum atomic E-state index is 15.1. The molecule has 0 saturated heterocycles. The smallest absolute Gasteiger partial charge is 0.181 e. The second-order valence-electron chi connectivity index (χ2n) is 7.69. The van der Waals surface area contributed by atoms with Crippen molar-refractivity contribution in [3.05, 3.63) is 107 Å². The number of halogens is 1. The van der Waals surface area contributed by atoms with Gasteiger partial charge in [0.25, 0.3) is 0 Å². The van der Waals surface area contributed by atoms with E-state index >= 15 is 4.39 Å². The van der Waals surface area contributed by atoms with Crippen molar-refractivity contribution in [3.8, 4) is 17.2 Å². The Kier molecular flexibility index (Phi) is 4.44. The molecule has 4 aromatic rings. The van der Waals surface area contributed by atoms with Crippen LogP contribution in [0.2, 0.25) is 0 Å². The summed E-state index contributed by atoms with van der Waals surface area (Å²) in [6.07, 6.45) is 3.77. The van der Waals surface area contributed by atoms with Gasteiger partial charge in [-0.3, -0.25) is 0 Å². The number of aryl methyl sites for hydroxylation is 1. The van der Waals surface area contributed by atoms with Crippen LogP contribution in [0, 0.1) is 12.7 Å². The lowest BCUT2D eigenvalue weighted by molar-refractivity contribution is 0.150. The zero-order chi connectivity index (χ0) is 21.6. The van der Waals surface area contributed by atoms with E-state index in [9.17, 15) is 5.11 Å². The van der Waals surface area contributed by atoms with Crippen molar-refractivity contribution in [3.63, 3.8) is 0 Å². The summed E-state index contributed by atoms with van der Waals surface area (Å²) in [5, 5.41) is 12.7. The van der Waals surface area contributed by atoms with E-state index in [1.165, 1.54) is 6.07 Å². The second-order valence-corrected chi connectivity index (χ2v) is 7.69. The van der Waals surface area contributed by atoms with Crippen molar-refractivity contribution in [1.29, 1.82) is 0 Å². The van der Waals surface area contributed by atoms with Crippen LogP contribution in [0.1, 0.15) is 22.3 Å². The van der Waals surface area contributed by atoms with Crippen LogP contribution in [-0.2, 0) is 5.60 Å². The zero-order valence-electron chi connectivity index (χ0n) is 17.2. The first-order valence-corrected chi connectivity index (χ1v) is 10.1. The van der Waals surface area contributed by atoms with Crippen LogP contribution in [0.25, 0.3) is 16.8 Å². The number of benzene rings is 4. The Balaban J connectivity index is 1.79. The Hall–Kier alpha value is -3.79. The van der Waals surface area contributed by atoms with Crippen LogP contribution < -0.4 is 9.47 Å². The molecule has 1 N–H and O–H groups in total. The summed E-state index contributed by atoms with van der Waals surface area (Å²) in [5.41, 5.74) is 1.54. The molecule has 1 aliphatic rings. The Labute approximate surface area is 180 Å². The van der Waals surface area contributed by atoms with Gasteiger partial charge in [-0.15, -0.1) is 0 Å². The van der Waals surface area contributed by atoms with Gasteiger partial charge >= 0.3 is 0 Å². The van der Waals surface area contributed by atoms with Gasteiger partial charge in [0, 0.05) is 16.7 Å². The van der Waals surface area contributed by atoms with Gasteiger partial charge in [-0.1, -0.05) is 48.5 Å². The number of methoxy groups -OCH3 is 1. The van der Waals surface area contributed by atoms with Crippen LogP contribution in [0.5, 0.6) is 17.2 Å². The van der Waals surface area contributed by atoms with Gasteiger partial charge in [0.1, 0.15) is 11.6 Å². The number of hydrogen-bond acceptors (Lipinski definition) is 3. The fourth-order valence-electron chi connectivity index (χ4n) is 4.34. The van der Waals surface area contributed by atoms with E-state index in [2.05, 4.69) is 0 Å². The molecule has 1 aliphatic heterocycles. The van der Waals surface area contributed by atoms with Gasteiger partial charge in [-0.05, 0) is 59.7 Å². The minimum absolute atomic E-state index is 0.0176. The van der Waals surface area contributed by atoms with E-state index in [-0.39, 0.29) is 11.6 Å². The molecule has 3 nitrogen and oxygen atoms in total. The average molecular weight is 412 g/mol. The molecule has 0 bridgehead atoms. The van der Waals surface area contributed by atoms with Gasteiger partial charge in [-0.25, -0.2) is 4.39 Å². The normalized spacial score (nSPS) is 17.3. The van der Waals surface area contributed by atoms with Gasteiger partial charge < -0.3 is 14.6 Å². The molecule has 0 aromatic heterocycles. The lowest BCUT2D eigenvalue weighted by atomic mass is 9.82. The highest BCUT2D eigenvalue weighted by atomic mass is 19.1. The van der Waals surface area contributed by atoms with Crippen LogP contribution >= 0.6 is 0 Å². The van der Waals surface area contributed by atoms with Crippen molar-refractivity contribution in [2.75, 3.05) is 7.11 Å². The standard InChI is InChI=1S/C27H21FO3/c1-17-15-19(11-12-25(17)30-2)27(22-9-5-6-10-23(22)28)14-13-21-20-8-4-3-7-18(20)16-24(29)26(21)31-27/h3-16,29H,1-2H3/t27-/m1/s1. The maximum absolute atomic E-state index is 15.1. The number of ether oxygens (including phenoxy) is 2. The molecule has 0 aliphatic carbocycles. The molecule has 0 amide bonds. The third-order valence-electron chi connectivity index (χ3n) is 5.87. The highest BCUT2D eigenvalue weighted by Crippen LogP contribution is 2.48. The molecule has 31 heavy (non-hydrogen) atoms. The lowest BCUT2D eigenvalue weighted by Gasteiger charge is -2.37. The maximum Gasteiger partial charge on any atom is 0.181 e. The summed E-state index contributed by atoms with van der Waals surface area (Å²) in [6, 6.07) is 21.7. The fourth-order valence-corrected chi connectivity index (χ4v) is 4.34. The second kappa shape index (κ2) is 7.17. The number of aromatic hydroxyl groups is 1. The van der Waals surface area contributed by atoms with E-state index in [4.69, 9.17) is 9.47 Å². The lowest BCUT2D eigenvalue weighted by Crippen LogP contribution is -2.35. The van der Waals surface area contributed by atoms with E-state index in [0.29, 0.717) is 11.3 Å². The predicted molar refractivity (Wildman–Crippen MR) is 120 cm³/mol. The largest absolute Gasteiger partial charge is 0.504 e. The van der Waals surface area contributed by atoms with E-state index in [1.54, 1.807) is 31.4 Å². The quantitative estimate of drug-likeness (QED) is 0.426. The number of fused-ring (bicyclic) bond motifs is 3. The van der Waals surface area contributed by atoms with Crippen LogP contribution in [0.3, 0.4) is 0 Å². The summed E-state index contributed by atoms with van der Waals surface area (Å²) in [5.74, 6) is 0.702. The summed E-state index contributed by atoms with van der Waals surface area (Å²) >= 11 is 0. The first-order valence-electron chi connectivity index (χ1n) is 10.1. The van der Waals surface area contributed by atoms with Crippen molar-refractivity contribution in [1.82, 2.24) is 0 Å². The molecule has 0 unspecified atom stereocenters. The molecule has 0 saturated carbocycles. The molecule has 154 valence electrons. The number of rotatable bonds is 3. The minimum Gasteiger partial charge on any atom is -0.504 e. The van der Waals surface area contributed by atoms with Gasteiger partial charge in [-0.2, -0.15) is 0 Å². The third-order valence-corrected chi connectivity index (χ3v) is 5.87. The highest BCUT2D eigenvalue weighted by Gasteiger charge is 2.40. The monoisotopic (exact) mass is 412 g/mol. The van der Waals surface area contributed by atoms with Crippen LogP contribution in [-0.4, -0.2) is 12.2 Å². The van der Waals surface area contributed by atoms with Gasteiger partial charge in [0.15, 0.2) is 17.1 Å². The van der Waals surface area contributed by atoms with E-state index < -0.39 is 5.60 Å². The van der Waals surface area contributed by atoms with Crippen molar-refractivity contribution >= 4 is 16.8 Å². The molecule has 1 atom stereocenters. The number of phenolic OH excluding ortho intramolecular Hbond substituents is 1. The predicted octanol–water partition coefficient (Wildman–Crippen LogP) is 6.35. The third kappa shape index (κ3) is 2.95. The van der Waals surface area contributed by atoms with Gasteiger partial charge in [0.2, 0.25) is 0 Å². The number of phenols is 1. The fraction of sp³-hybridized carbons (Fsp3) is 0.111. The Morgan fingerprint density at radius 3 is 2.52 bits per heavy atom. The summed E-state index contributed by atoms with van der Waals surface area (Å²) in [7, 11) is 1.62. The first-order chi connectivity index (χ1) is 15.0. The van der Waals surface area contributed by atoms with Gasteiger partial charge in [0.05, 0.1) is 7.11 Å². The first kappa shape index (κ1) is 19.2. The molecule has 4 aromatic carbocycles. The highest BCUT2D eigenvalue weighted by molar-refractivity contribution is 5.96. The molecular weight excluding hydrogens is 391 g/mol. The van der Waals surface area contributed by atoms with E-state index in [0.717, 1.165) is 33.2 Å². The summed E-state index contributed by atoms with van der Waals surface area (Å²) in [4.78, 5) is 0. The molecule has 4 heteroatoms. The molecule has 0 spiro atoms. The minimum atomic E-state index is -1.24. The van der Waals surface area contributed by atoms with Crippen molar-refractivity contribution < 1.29 is 19.0 Å². The Morgan fingerprint density at radius 1 is 0.968 bits per heavy atom. The Bertz CT molecular complexity index is 1340. The van der Waals surface area contributed by atoms with Crippen LogP contribution in [0.15, 0.2) is 78.9 Å². The van der Waals surface area contributed by atoms with Crippen molar-refractivity contribution in [2.45, 2.75) is 12.5 Å². The molecule has 0 radical (unpaired) electrons. The summed E-state index contributed by atoms with van der Waals surface area (Å²) in [6.45, 7) is 1.93. The Morgan fingerprint density at radius 2 is 1.74 bits per heavy atom. The average Bonchev–Trinajstić information content (AvgIpc) is 2.79. The zero-order valence-corrected chi connectivity index (χ0v) is 17.2. The SMILES string of the molecule is COc1ccc([C@@]2(c3ccccc3F)C=Cc3c(c(O)cc4ccccc34)O2)cc1C. The van der Waals surface area contributed by atoms with E-state index in [1.807, 2.05) is 61.5 Å².